The summed E-state index contributed by atoms with van der Waals surface area (Å²) in [6.07, 6.45) is 2.97. The summed E-state index contributed by atoms with van der Waals surface area (Å²) in [5.41, 5.74) is 3.59. The van der Waals surface area contributed by atoms with Gasteiger partial charge in [0, 0.05) is 106 Å². The number of carbonyl (C=O) groups excluding carboxylic acids is 4. The Balaban J connectivity index is 0.00000196. The lowest BCUT2D eigenvalue weighted by Crippen LogP contribution is -2.31. The molecule has 2 aliphatic rings. The average Bonchev–Trinajstić information content (AvgIpc) is 3.76. The smallest absolute Gasteiger partial charge is 0.308 e. The molecule has 2 aliphatic heterocycles. The van der Waals surface area contributed by atoms with Crippen LogP contribution in [0.15, 0.2) is 24.3 Å². The number of halogens is 2. The topological polar surface area (TPSA) is 93.2 Å². The van der Waals surface area contributed by atoms with Crippen molar-refractivity contribution in [2.24, 2.45) is 0 Å². The van der Waals surface area contributed by atoms with Crippen LogP contribution in [-0.4, -0.2) is 49.1 Å². The molecule has 1 atom stereocenters. The number of ether oxygens (including phenoxy) is 2. The van der Waals surface area contributed by atoms with Crippen molar-refractivity contribution in [1.82, 2.24) is 0 Å². The molecular formula is C33H34Cl2N2O6S2. The number of aryl methyl sites for hydroxylation is 2. The predicted molar refractivity (Wildman–Crippen MR) is 183 cm³/mol. The molecule has 4 aromatic rings. The van der Waals surface area contributed by atoms with Crippen molar-refractivity contribution in [2.45, 2.75) is 59.3 Å². The third-order valence-electron chi connectivity index (χ3n) is 7.94. The molecular weight excluding hydrogens is 655 g/mol. The molecule has 2 amide bonds. The van der Waals surface area contributed by atoms with Crippen molar-refractivity contribution in [3.63, 3.8) is 0 Å². The van der Waals surface area contributed by atoms with Crippen molar-refractivity contribution in [2.75, 3.05) is 35.2 Å². The van der Waals surface area contributed by atoms with E-state index in [1.165, 1.54) is 20.2 Å². The largest absolute Gasteiger partial charge is 0.426 e. The number of thiophene rings is 2. The summed E-state index contributed by atoms with van der Waals surface area (Å²) in [5.74, 6) is 0.212. The zero-order chi connectivity index (χ0) is 32.6. The van der Waals surface area contributed by atoms with E-state index >= 15 is 0 Å². The number of nitrogens with zero attached hydrogens (tertiary/aromatic N) is 2. The number of fused-ring (bicyclic) bond motifs is 6. The molecule has 2 aromatic heterocycles. The number of alkyl halides is 2. The van der Waals surface area contributed by atoms with Crippen LogP contribution in [0, 0.1) is 13.8 Å². The van der Waals surface area contributed by atoms with E-state index in [0.29, 0.717) is 42.6 Å². The molecule has 4 heterocycles. The first-order valence-corrected chi connectivity index (χ1v) is 17.5. The van der Waals surface area contributed by atoms with Gasteiger partial charge in [-0.15, -0.1) is 45.9 Å². The van der Waals surface area contributed by atoms with Crippen molar-refractivity contribution in [3.05, 3.63) is 45.1 Å². The molecule has 0 bridgehead atoms. The Labute approximate surface area is 279 Å². The van der Waals surface area contributed by atoms with Gasteiger partial charge in [0.2, 0.25) is 11.8 Å². The molecule has 238 valence electrons. The fourth-order valence-corrected chi connectivity index (χ4v) is 8.73. The van der Waals surface area contributed by atoms with Crippen molar-refractivity contribution in [3.8, 4) is 11.5 Å². The zero-order valence-corrected chi connectivity index (χ0v) is 28.9. The SMILES string of the molecule is CC(=O)Oc1cc2c(c3sc(C)cc13)CCN2C(=O)CCCC(=O)N1C[C@@H](CCl)c2c1cc(OC(C)=O)c1cc(C)sc21.CCl. The fourth-order valence-electron chi connectivity index (χ4n) is 6.23. The molecule has 45 heavy (non-hydrogen) atoms. The monoisotopic (exact) mass is 688 g/mol. The number of anilines is 2. The van der Waals surface area contributed by atoms with Gasteiger partial charge in [-0.2, -0.15) is 0 Å². The minimum absolute atomic E-state index is 0.0422. The minimum Gasteiger partial charge on any atom is -0.426 e. The van der Waals surface area contributed by atoms with E-state index in [1.807, 2.05) is 26.0 Å². The van der Waals surface area contributed by atoms with Gasteiger partial charge in [-0.05, 0) is 44.4 Å². The van der Waals surface area contributed by atoms with Crippen LogP contribution in [0.1, 0.15) is 59.9 Å². The van der Waals surface area contributed by atoms with Gasteiger partial charge < -0.3 is 19.3 Å². The lowest BCUT2D eigenvalue weighted by atomic mass is 10.0. The maximum absolute atomic E-state index is 13.5. The fraction of sp³-hybridized carbons (Fsp3) is 0.394. The third kappa shape index (κ3) is 6.43. The summed E-state index contributed by atoms with van der Waals surface area (Å²) in [6.45, 7) is 7.73. The Hall–Kier alpha value is -3.18. The highest BCUT2D eigenvalue weighted by molar-refractivity contribution is 7.19. The summed E-state index contributed by atoms with van der Waals surface area (Å²) in [6, 6.07) is 7.58. The van der Waals surface area contributed by atoms with E-state index in [0.717, 1.165) is 53.2 Å². The highest BCUT2D eigenvalue weighted by Crippen LogP contribution is 2.49. The van der Waals surface area contributed by atoms with Crippen LogP contribution in [0.25, 0.3) is 20.2 Å². The average molecular weight is 690 g/mol. The van der Waals surface area contributed by atoms with Crippen LogP contribution in [-0.2, 0) is 25.6 Å². The van der Waals surface area contributed by atoms with Crippen molar-refractivity contribution in [1.29, 1.82) is 0 Å². The van der Waals surface area contributed by atoms with E-state index in [9.17, 15) is 19.2 Å². The van der Waals surface area contributed by atoms with Crippen LogP contribution in [0.4, 0.5) is 11.4 Å². The summed E-state index contributed by atoms with van der Waals surface area (Å²) >= 11 is 14.3. The van der Waals surface area contributed by atoms with E-state index in [4.69, 9.17) is 21.1 Å². The standard InChI is InChI=1S/C32H31ClN2O6S2.CH3Cl/c1-16-10-22-26(40-18(3)36)12-24-21(31(22)42-16)8-9-34(24)28(38)6-5-7-29(39)35-15-20(14-33)30-25(35)13-27(41-19(4)37)23-11-17(2)43-32(23)30;1-2/h10-13,20H,5-9,14-15H2,1-4H3;1H3/t20-;/m1./s1. The molecule has 0 aliphatic carbocycles. The second-order valence-corrected chi connectivity index (χ2v) is 13.9. The Morgan fingerprint density at radius 2 is 1.36 bits per heavy atom. The predicted octanol–water partition coefficient (Wildman–Crippen LogP) is 7.87. The normalized spacial score (nSPS) is 15.1. The Bertz CT molecular complexity index is 1830. The number of amides is 2. The second kappa shape index (κ2) is 13.7. The van der Waals surface area contributed by atoms with Crippen LogP contribution in [0.5, 0.6) is 11.5 Å². The number of carbonyl (C=O) groups is 4. The van der Waals surface area contributed by atoms with Crippen molar-refractivity contribution >= 4 is 101 Å². The number of benzene rings is 2. The molecule has 0 saturated carbocycles. The van der Waals surface area contributed by atoms with E-state index < -0.39 is 11.9 Å². The van der Waals surface area contributed by atoms with Crippen LogP contribution < -0.4 is 19.3 Å². The van der Waals surface area contributed by atoms with Crippen LogP contribution in [0.2, 0.25) is 0 Å². The molecule has 0 N–H and O–H groups in total. The molecule has 0 radical (unpaired) electrons. The van der Waals surface area contributed by atoms with E-state index in [2.05, 4.69) is 11.6 Å². The number of rotatable bonds is 7. The van der Waals surface area contributed by atoms with Gasteiger partial charge in [0.15, 0.2) is 0 Å². The van der Waals surface area contributed by atoms with Crippen LogP contribution >= 0.6 is 45.9 Å². The number of hydrogen-bond donors (Lipinski definition) is 0. The Morgan fingerprint density at radius 3 is 1.93 bits per heavy atom. The molecule has 0 spiro atoms. The first-order valence-electron chi connectivity index (χ1n) is 14.6. The van der Waals surface area contributed by atoms with E-state index in [1.54, 1.807) is 44.6 Å². The maximum Gasteiger partial charge on any atom is 0.308 e. The zero-order valence-electron chi connectivity index (χ0n) is 25.8. The Kier molecular flexibility index (Phi) is 10.1. The summed E-state index contributed by atoms with van der Waals surface area (Å²) in [5, 5.41) is 1.74. The summed E-state index contributed by atoms with van der Waals surface area (Å²) < 4.78 is 13.1. The molecule has 12 heteroatoms. The first kappa shape index (κ1) is 33.2. The first-order chi connectivity index (χ1) is 21.5. The molecule has 2 aromatic carbocycles. The van der Waals surface area contributed by atoms with Gasteiger partial charge in [0.05, 0.1) is 11.4 Å². The molecule has 0 saturated heterocycles. The number of esters is 2. The van der Waals surface area contributed by atoms with Gasteiger partial charge in [0.25, 0.3) is 0 Å². The lowest BCUT2D eigenvalue weighted by molar-refractivity contribution is -0.132. The molecule has 0 fully saturated rings. The van der Waals surface area contributed by atoms with Gasteiger partial charge in [-0.25, -0.2) is 0 Å². The highest BCUT2D eigenvalue weighted by Gasteiger charge is 2.36. The van der Waals surface area contributed by atoms with Crippen LogP contribution in [0.3, 0.4) is 0 Å². The van der Waals surface area contributed by atoms with Crippen molar-refractivity contribution < 1.29 is 28.7 Å². The Morgan fingerprint density at radius 1 is 0.822 bits per heavy atom. The molecule has 6 rings (SSSR count). The highest BCUT2D eigenvalue weighted by atomic mass is 35.5. The lowest BCUT2D eigenvalue weighted by Gasteiger charge is -2.20. The van der Waals surface area contributed by atoms with E-state index in [-0.39, 0.29) is 30.6 Å². The van der Waals surface area contributed by atoms with Gasteiger partial charge in [0.1, 0.15) is 11.5 Å². The quantitative estimate of drug-likeness (QED) is 0.111. The minimum atomic E-state index is -0.424. The third-order valence-corrected chi connectivity index (χ3v) is 10.5. The molecule has 0 unspecified atom stereocenters. The number of hydrogen-bond acceptors (Lipinski definition) is 8. The maximum atomic E-state index is 13.5. The van der Waals surface area contributed by atoms with Gasteiger partial charge in [-0.3, -0.25) is 19.2 Å². The van der Waals surface area contributed by atoms with Gasteiger partial charge >= 0.3 is 11.9 Å². The van der Waals surface area contributed by atoms with Gasteiger partial charge in [-0.1, -0.05) is 0 Å². The molecule has 8 nitrogen and oxygen atoms in total. The summed E-state index contributed by atoms with van der Waals surface area (Å²) in [4.78, 5) is 56.2. The summed E-state index contributed by atoms with van der Waals surface area (Å²) in [7, 11) is 0. The second-order valence-electron chi connectivity index (χ2n) is 11.1.